The molecule has 20 heavy (non-hydrogen) atoms. The highest BCUT2D eigenvalue weighted by atomic mass is 16.3. The van der Waals surface area contributed by atoms with E-state index in [1.54, 1.807) is 18.0 Å². The number of aliphatic hydroxyl groups excluding tert-OH is 1. The number of hydrogen-bond acceptors (Lipinski definition) is 4. The average Bonchev–Trinajstić information content (AvgIpc) is 2.59. The van der Waals surface area contributed by atoms with E-state index in [-0.39, 0.29) is 17.5 Å². The molecule has 110 valence electrons. The maximum Gasteiger partial charge on any atom is 0.328 e. The van der Waals surface area contributed by atoms with Crippen LogP contribution in [0.15, 0.2) is 12.4 Å². The van der Waals surface area contributed by atoms with Crippen LogP contribution in [0, 0.1) is 0 Å². The van der Waals surface area contributed by atoms with E-state index in [0.717, 1.165) is 5.69 Å². The lowest BCUT2D eigenvalue weighted by atomic mass is 9.92. The Kier molecular flexibility index (Phi) is 3.69. The first-order valence-corrected chi connectivity index (χ1v) is 6.84. The Bertz CT molecular complexity index is 512. The largest absolute Gasteiger partial charge is 0.371 e. The van der Waals surface area contributed by atoms with Crippen molar-refractivity contribution in [3.05, 3.63) is 18.1 Å². The number of nitrogens with zero attached hydrogens (tertiary/aromatic N) is 4. The van der Waals surface area contributed by atoms with Gasteiger partial charge in [0.1, 0.15) is 12.1 Å². The van der Waals surface area contributed by atoms with E-state index < -0.39 is 6.23 Å². The van der Waals surface area contributed by atoms with Crippen LogP contribution < -0.4 is 4.90 Å². The molecule has 2 unspecified atom stereocenters. The highest BCUT2D eigenvalue weighted by molar-refractivity contribution is 5.94. The quantitative estimate of drug-likeness (QED) is 0.894. The van der Waals surface area contributed by atoms with Crippen LogP contribution in [0.2, 0.25) is 0 Å². The van der Waals surface area contributed by atoms with Gasteiger partial charge in [0.15, 0.2) is 6.23 Å². The van der Waals surface area contributed by atoms with E-state index in [4.69, 9.17) is 0 Å². The molecule has 1 aliphatic heterocycles. The minimum atomic E-state index is -0.875. The fourth-order valence-electron chi connectivity index (χ4n) is 2.40. The van der Waals surface area contributed by atoms with Gasteiger partial charge in [-0.3, -0.25) is 0 Å². The Morgan fingerprint density at radius 3 is 2.50 bits per heavy atom. The number of anilines is 1. The van der Waals surface area contributed by atoms with Crippen molar-refractivity contribution < 1.29 is 9.90 Å². The molecular weight excluding hydrogens is 256 g/mol. The summed E-state index contributed by atoms with van der Waals surface area (Å²) in [5, 5.41) is 10.3. The third-order valence-electron chi connectivity index (χ3n) is 3.70. The predicted octanol–water partition coefficient (Wildman–Crippen LogP) is 1.74. The summed E-state index contributed by atoms with van der Waals surface area (Å²) in [6.45, 7) is 8.08. The summed E-state index contributed by atoms with van der Waals surface area (Å²) in [4.78, 5) is 23.6. The molecule has 2 rings (SSSR count). The van der Waals surface area contributed by atoms with Gasteiger partial charge >= 0.3 is 6.03 Å². The number of carbonyl (C=O) groups excluding carboxylic acids is 1. The molecule has 0 aliphatic carbocycles. The zero-order valence-corrected chi connectivity index (χ0v) is 12.7. The summed E-state index contributed by atoms with van der Waals surface area (Å²) in [7, 11) is 1.70. The summed E-state index contributed by atoms with van der Waals surface area (Å²) < 4.78 is 0. The molecule has 1 N–H and O–H groups in total. The van der Waals surface area contributed by atoms with E-state index in [0.29, 0.717) is 12.2 Å². The molecule has 1 saturated heterocycles. The van der Waals surface area contributed by atoms with Gasteiger partial charge in [-0.05, 0) is 6.42 Å². The molecule has 6 nitrogen and oxygen atoms in total. The molecule has 0 saturated carbocycles. The fourth-order valence-corrected chi connectivity index (χ4v) is 2.40. The van der Waals surface area contributed by atoms with Crippen molar-refractivity contribution in [1.82, 2.24) is 14.9 Å². The van der Waals surface area contributed by atoms with Gasteiger partial charge in [-0.2, -0.15) is 0 Å². The van der Waals surface area contributed by atoms with Crippen LogP contribution in [-0.2, 0) is 5.41 Å². The van der Waals surface area contributed by atoms with Crippen molar-refractivity contribution in [2.24, 2.45) is 0 Å². The number of aliphatic hydroxyl groups is 1. The molecule has 1 aliphatic rings. The minimum absolute atomic E-state index is 0.137. The predicted molar refractivity (Wildman–Crippen MR) is 76.5 cm³/mol. The Balaban J connectivity index is 2.39. The SMILES string of the molecule is CCC1C(O)N(c2cc(C(C)(C)C)ncn2)C(=O)N1C. The monoisotopic (exact) mass is 278 g/mol. The standard InChI is InChI=1S/C14H22N4O2/c1-6-9-12(19)18(13(20)17(9)5)11-7-10(14(2,3)4)15-8-16-11/h7-9,12,19H,6H2,1-5H3. The zero-order chi connectivity index (χ0) is 15.1. The summed E-state index contributed by atoms with van der Waals surface area (Å²) in [6.07, 6.45) is 1.26. The number of hydrogen-bond donors (Lipinski definition) is 1. The number of aromatic nitrogens is 2. The van der Waals surface area contributed by atoms with Gasteiger partial charge in [0.05, 0.1) is 11.7 Å². The maximum absolute atomic E-state index is 12.3. The molecule has 2 amide bonds. The fraction of sp³-hybridized carbons (Fsp3) is 0.643. The van der Waals surface area contributed by atoms with Crippen molar-refractivity contribution >= 4 is 11.8 Å². The number of likely N-dealkylation sites (N-methyl/N-ethyl adjacent to an activating group) is 1. The Hall–Kier alpha value is -1.69. The van der Waals surface area contributed by atoms with E-state index in [1.807, 2.05) is 27.7 Å². The lowest BCUT2D eigenvalue weighted by molar-refractivity contribution is 0.126. The first-order valence-electron chi connectivity index (χ1n) is 6.84. The molecule has 0 bridgehead atoms. The summed E-state index contributed by atoms with van der Waals surface area (Å²) in [5.41, 5.74) is 0.701. The molecule has 0 aromatic carbocycles. The zero-order valence-electron chi connectivity index (χ0n) is 12.7. The van der Waals surface area contributed by atoms with Gasteiger partial charge in [0.25, 0.3) is 0 Å². The topological polar surface area (TPSA) is 69.6 Å². The average molecular weight is 278 g/mol. The van der Waals surface area contributed by atoms with Crippen LogP contribution in [0.3, 0.4) is 0 Å². The number of amides is 2. The minimum Gasteiger partial charge on any atom is -0.371 e. The van der Waals surface area contributed by atoms with Crippen molar-refractivity contribution in [3.8, 4) is 0 Å². The van der Waals surface area contributed by atoms with E-state index >= 15 is 0 Å². The van der Waals surface area contributed by atoms with E-state index in [9.17, 15) is 9.90 Å². The van der Waals surface area contributed by atoms with Crippen LogP contribution in [0.4, 0.5) is 10.6 Å². The van der Waals surface area contributed by atoms with E-state index in [1.165, 1.54) is 11.2 Å². The van der Waals surface area contributed by atoms with Crippen LogP contribution in [0.5, 0.6) is 0 Å². The van der Waals surface area contributed by atoms with Gasteiger partial charge in [0.2, 0.25) is 0 Å². The van der Waals surface area contributed by atoms with Crippen molar-refractivity contribution in [2.45, 2.75) is 51.8 Å². The van der Waals surface area contributed by atoms with Crippen molar-refractivity contribution in [1.29, 1.82) is 0 Å². The van der Waals surface area contributed by atoms with Gasteiger partial charge in [-0.25, -0.2) is 19.7 Å². The van der Waals surface area contributed by atoms with Crippen molar-refractivity contribution in [2.75, 3.05) is 11.9 Å². The van der Waals surface area contributed by atoms with Gasteiger partial charge in [-0.15, -0.1) is 0 Å². The van der Waals surface area contributed by atoms with Crippen molar-refractivity contribution in [3.63, 3.8) is 0 Å². The molecule has 0 spiro atoms. The first kappa shape index (κ1) is 14.7. The lowest BCUT2D eigenvalue weighted by Gasteiger charge is -2.22. The Morgan fingerprint density at radius 2 is 2.00 bits per heavy atom. The van der Waals surface area contributed by atoms with Gasteiger partial charge < -0.3 is 10.0 Å². The van der Waals surface area contributed by atoms with Crippen LogP contribution in [0.25, 0.3) is 0 Å². The first-order chi connectivity index (χ1) is 9.27. The molecule has 6 heteroatoms. The Morgan fingerprint density at radius 1 is 1.35 bits per heavy atom. The Labute approximate surface area is 119 Å². The molecule has 2 atom stereocenters. The second-order valence-corrected chi connectivity index (χ2v) is 6.16. The maximum atomic E-state index is 12.3. The smallest absolute Gasteiger partial charge is 0.328 e. The number of carbonyl (C=O) groups is 1. The van der Waals surface area contributed by atoms with E-state index in [2.05, 4.69) is 9.97 Å². The second-order valence-electron chi connectivity index (χ2n) is 6.16. The number of urea groups is 1. The third kappa shape index (κ3) is 2.35. The summed E-state index contributed by atoms with van der Waals surface area (Å²) in [5.74, 6) is 0.449. The van der Waals surface area contributed by atoms with Crippen LogP contribution >= 0.6 is 0 Å². The van der Waals surface area contributed by atoms with Crippen LogP contribution in [0.1, 0.15) is 39.8 Å². The highest BCUT2D eigenvalue weighted by Crippen LogP contribution is 2.29. The van der Waals surface area contributed by atoms with Gasteiger partial charge in [0, 0.05) is 18.5 Å². The summed E-state index contributed by atoms with van der Waals surface area (Å²) >= 11 is 0. The van der Waals surface area contributed by atoms with Gasteiger partial charge in [-0.1, -0.05) is 27.7 Å². The molecule has 2 heterocycles. The molecule has 1 aromatic heterocycles. The summed E-state index contributed by atoms with van der Waals surface area (Å²) in [6, 6.07) is 1.32. The molecular formula is C14H22N4O2. The highest BCUT2D eigenvalue weighted by Gasteiger charge is 2.43. The molecule has 0 radical (unpaired) electrons. The molecule has 1 fully saturated rings. The normalized spacial score (nSPS) is 23.6. The lowest BCUT2D eigenvalue weighted by Crippen LogP contribution is -2.37. The second kappa shape index (κ2) is 5.01. The molecule has 1 aromatic rings. The number of rotatable bonds is 2. The van der Waals surface area contributed by atoms with Crippen LogP contribution in [-0.4, -0.2) is 45.3 Å². The third-order valence-corrected chi connectivity index (χ3v) is 3.70.